The second kappa shape index (κ2) is 7.13. The standard InChI is InChI=1S/C15H29NO2/c1-5-15(6-2)8-10-16(11-9-15)12-13(4)14(17)18-7-3/h13H,5-12H2,1-4H3. The van der Waals surface area contributed by atoms with E-state index in [1.807, 2.05) is 13.8 Å². The van der Waals surface area contributed by atoms with Gasteiger partial charge in [-0.25, -0.2) is 0 Å². The van der Waals surface area contributed by atoms with Crippen molar-refractivity contribution in [3.8, 4) is 0 Å². The fourth-order valence-corrected chi connectivity index (χ4v) is 2.91. The van der Waals surface area contributed by atoms with Crippen molar-refractivity contribution in [2.75, 3.05) is 26.2 Å². The molecule has 0 bridgehead atoms. The normalized spacial score (nSPS) is 21.6. The van der Waals surface area contributed by atoms with Crippen LogP contribution in [0.4, 0.5) is 0 Å². The number of hydrogen-bond donors (Lipinski definition) is 0. The van der Waals surface area contributed by atoms with E-state index in [9.17, 15) is 4.79 Å². The number of likely N-dealkylation sites (tertiary alicyclic amines) is 1. The molecule has 1 saturated heterocycles. The van der Waals surface area contributed by atoms with Crippen LogP contribution in [0.1, 0.15) is 53.4 Å². The van der Waals surface area contributed by atoms with Crippen molar-refractivity contribution in [2.45, 2.75) is 53.4 Å². The average Bonchev–Trinajstić information content (AvgIpc) is 2.40. The fourth-order valence-electron chi connectivity index (χ4n) is 2.91. The lowest BCUT2D eigenvalue weighted by Gasteiger charge is -2.41. The maximum atomic E-state index is 11.6. The second-order valence-electron chi connectivity index (χ2n) is 5.66. The maximum absolute atomic E-state index is 11.6. The molecule has 0 aromatic carbocycles. The molecule has 1 rings (SSSR count). The third kappa shape index (κ3) is 3.98. The summed E-state index contributed by atoms with van der Waals surface area (Å²) in [5, 5.41) is 0. The summed E-state index contributed by atoms with van der Waals surface area (Å²) < 4.78 is 5.06. The van der Waals surface area contributed by atoms with Gasteiger partial charge in [0, 0.05) is 6.54 Å². The number of ether oxygens (including phenoxy) is 1. The van der Waals surface area contributed by atoms with Crippen molar-refractivity contribution in [3.63, 3.8) is 0 Å². The van der Waals surface area contributed by atoms with Crippen LogP contribution >= 0.6 is 0 Å². The summed E-state index contributed by atoms with van der Waals surface area (Å²) in [5.74, 6) is -0.0546. The molecule has 1 unspecified atom stereocenters. The van der Waals surface area contributed by atoms with Crippen LogP contribution in [0.2, 0.25) is 0 Å². The molecule has 1 atom stereocenters. The third-order valence-electron chi connectivity index (χ3n) is 4.64. The molecule has 3 nitrogen and oxygen atoms in total. The predicted molar refractivity (Wildman–Crippen MR) is 74.5 cm³/mol. The van der Waals surface area contributed by atoms with Gasteiger partial charge in [0.2, 0.25) is 0 Å². The molecular weight excluding hydrogens is 226 g/mol. The molecule has 1 aliphatic heterocycles. The lowest BCUT2D eigenvalue weighted by molar-refractivity contribution is -0.148. The minimum absolute atomic E-state index is 0.000651. The highest BCUT2D eigenvalue weighted by molar-refractivity contribution is 5.72. The molecule has 0 spiro atoms. The summed E-state index contributed by atoms with van der Waals surface area (Å²) >= 11 is 0. The summed E-state index contributed by atoms with van der Waals surface area (Å²) in [4.78, 5) is 14.0. The van der Waals surface area contributed by atoms with Gasteiger partial charge in [0.05, 0.1) is 12.5 Å². The highest BCUT2D eigenvalue weighted by Gasteiger charge is 2.32. The van der Waals surface area contributed by atoms with E-state index in [1.54, 1.807) is 0 Å². The summed E-state index contributed by atoms with van der Waals surface area (Å²) in [6.07, 6.45) is 5.11. The van der Waals surface area contributed by atoms with E-state index in [1.165, 1.54) is 25.7 Å². The van der Waals surface area contributed by atoms with Gasteiger partial charge in [0.15, 0.2) is 0 Å². The predicted octanol–water partition coefficient (Wildman–Crippen LogP) is 3.09. The van der Waals surface area contributed by atoms with E-state index in [0.717, 1.165) is 19.6 Å². The lowest BCUT2D eigenvalue weighted by Crippen LogP contribution is -2.42. The van der Waals surface area contributed by atoms with E-state index < -0.39 is 0 Å². The van der Waals surface area contributed by atoms with Gasteiger partial charge in [0.25, 0.3) is 0 Å². The zero-order chi connectivity index (χ0) is 13.6. The molecular formula is C15H29NO2. The number of hydrogen-bond acceptors (Lipinski definition) is 3. The zero-order valence-electron chi connectivity index (χ0n) is 12.5. The van der Waals surface area contributed by atoms with Crippen LogP contribution in [0.5, 0.6) is 0 Å². The molecule has 0 saturated carbocycles. The summed E-state index contributed by atoms with van der Waals surface area (Å²) in [5.41, 5.74) is 0.559. The Kier molecular flexibility index (Phi) is 6.13. The largest absolute Gasteiger partial charge is 0.466 e. The maximum Gasteiger partial charge on any atom is 0.309 e. The Morgan fingerprint density at radius 1 is 1.22 bits per heavy atom. The highest BCUT2D eigenvalue weighted by Crippen LogP contribution is 2.37. The van der Waals surface area contributed by atoms with E-state index in [2.05, 4.69) is 18.7 Å². The first-order valence-corrected chi connectivity index (χ1v) is 7.46. The summed E-state index contributed by atoms with van der Waals surface area (Å²) in [6, 6.07) is 0. The van der Waals surface area contributed by atoms with Gasteiger partial charge in [-0.1, -0.05) is 33.6 Å². The van der Waals surface area contributed by atoms with Gasteiger partial charge in [0.1, 0.15) is 0 Å². The van der Waals surface area contributed by atoms with Gasteiger partial charge < -0.3 is 9.64 Å². The van der Waals surface area contributed by atoms with Crippen molar-refractivity contribution in [1.29, 1.82) is 0 Å². The Morgan fingerprint density at radius 2 is 1.78 bits per heavy atom. The zero-order valence-corrected chi connectivity index (χ0v) is 12.5. The fraction of sp³-hybridized carbons (Fsp3) is 0.933. The first-order valence-electron chi connectivity index (χ1n) is 7.46. The Labute approximate surface area is 112 Å². The minimum atomic E-state index is -0.0553. The molecule has 18 heavy (non-hydrogen) atoms. The SMILES string of the molecule is CCOC(=O)C(C)CN1CCC(CC)(CC)CC1. The van der Waals surface area contributed by atoms with E-state index >= 15 is 0 Å². The van der Waals surface area contributed by atoms with Crippen LogP contribution in [0.25, 0.3) is 0 Å². The molecule has 1 heterocycles. The average molecular weight is 255 g/mol. The van der Waals surface area contributed by atoms with Gasteiger partial charge >= 0.3 is 5.97 Å². The smallest absolute Gasteiger partial charge is 0.309 e. The number of esters is 1. The Hall–Kier alpha value is -0.570. The number of carbonyl (C=O) groups excluding carboxylic acids is 1. The molecule has 0 aliphatic carbocycles. The Morgan fingerprint density at radius 3 is 2.22 bits per heavy atom. The topological polar surface area (TPSA) is 29.5 Å². The molecule has 1 aliphatic rings. The number of piperidine rings is 1. The molecule has 0 amide bonds. The number of nitrogens with zero attached hydrogens (tertiary/aromatic N) is 1. The number of rotatable bonds is 6. The highest BCUT2D eigenvalue weighted by atomic mass is 16.5. The molecule has 0 N–H and O–H groups in total. The number of carbonyl (C=O) groups is 1. The quantitative estimate of drug-likeness (QED) is 0.683. The first kappa shape index (κ1) is 15.5. The van der Waals surface area contributed by atoms with Crippen LogP contribution < -0.4 is 0 Å². The molecule has 0 aromatic heterocycles. The van der Waals surface area contributed by atoms with Crippen molar-refractivity contribution in [1.82, 2.24) is 4.90 Å². The molecule has 0 radical (unpaired) electrons. The van der Waals surface area contributed by atoms with Crippen molar-refractivity contribution in [2.24, 2.45) is 11.3 Å². The third-order valence-corrected chi connectivity index (χ3v) is 4.64. The van der Waals surface area contributed by atoms with Crippen LogP contribution in [0.3, 0.4) is 0 Å². The van der Waals surface area contributed by atoms with Gasteiger partial charge in [-0.2, -0.15) is 0 Å². The van der Waals surface area contributed by atoms with Crippen molar-refractivity contribution < 1.29 is 9.53 Å². The second-order valence-corrected chi connectivity index (χ2v) is 5.66. The molecule has 0 aromatic rings. The lowest BCUT2D eigenvalue weighted by atomic mass is 9.74. The molecule has 1 fully saturated rings. The monoisotopic (exact) mass is 255 g/mol. The van der Waals surface area contributed by atoms with E-state index in [0.29, 0.717) is 12.0 Å². The molecule has 106 valence electrons. The van der Waals surface area contributed by atoms with Gasteiger partial charge in [-0.3, -0.25) is 4.79 Å². The summed E-state index contributed by atoms with van der Waals surface area (Å²) in [7, 11) is 0. The Balaban J connectivity index is 2.37. The van der Waals surface area contributed by atoms with E-state index in [4.69, 9.17) is 4.74 Å². The van der Waals surface area contributed by atoms with E-state index in [-0.39, 0.29) is 11.9 Å². The summed E-state index contributed by atoms with van der Waals surface area (Å²) in [6.45, 7) is 12.0. The van der Waals surface area contributed by atoms with Crippen molar-refractivity contribution >= 4 is 5.97 Å². The molecule has 3 heteroatoms. The van der Waals surface area contributed by atoms with Gasteiger partial charge in [-0.05, 0) is 38.3 Å². The van der Waals surface area contributed by atoms with Crippen LogP contribution in [-0.4, -0.2) is 37.1 Å². The van der Waals surface area contributed by atoms with Crippen LogP contribution in [-0.2, 0) is 9.53 Å². The minimum Gasteiger partial charge on any atom is -0.466 e. The first-order chi connectivity index (χ1) is 8.56. The van der Waals surface area contributed by atoms with Crippen molar-refractivity contribution in [3.05, 3.63) is 0 Å². The van der Waals surface area contributed by atoms with Crippen LogP contribution in [0.15, 0.2) is 0 Å². The Bertz CT molecular complexity index is 251. The van der Waals surface area contributed by atoms with Crippen LogP contribution in [0, 0.1) is 11.3 Å². The van der Waals surface area contributed by atoms with Gasteiger partial charge in [-0.15, -0.1) is 0 Å².